The van der Waals surface area contributed by atoms with Crippen LogP contribution in [0.25, 0.3) is 0 Å². The fraction of sp³-hybridized carbons (Fsp3) is 0.500. The summed E-state index contributed by atoms with van der Waals surface area (Å²) in [6.45, 7) is 7.52. The van der Waals surface area contributed by atoms with Crippen LogP contribution in [-0.4, -0.2) is 41.3 Å². The first-order valence-electron chi connectivity index (χ1n) is 9.25. The molecule has 0 aliphatic carbocycles. The summed E-state index contributed by atoms with van der Waals surface area (Å²) in [5, 5.41) is 0. The summed E-state index contributed by atoms with van der Waals surface area (Å²) in [6, 6.07) is 7.86. The maximum Gasteiger partial charge on any atom is 0.251 e. The van der Waals surface area contributed by atoms with Gasteiger partial charge in [-0.1, -0.05) is 13.0 Å². The van der Waals surface area contributed by atoms with Crippen molar-refractivity contribution in [3.05, 3.63) is 51.7 Å². The average molecular weight is 355 g/mol. The summed E-state index contributed by atoms with van der Waals surface area (Å²) < 4.78 is 10.8. The number of hydrogen-bond acceptors (Lipinski definition) is 5. The topological polar surface area (TPSA) is 67.5 Å². The van der Waals surface area contributed by atoms with Crippen LogP contribution < -0.4 is 15.0 Å². The first-order chi connectivity index (χ1) is 12.6. The van der Waals surface area contributed by atoms with Gasteiger partial charge in [0.25, 0.3) is 5.56 Å². The summed E-state index contributed by atoms with van der Waals surface area (Å²) in [6.07, 6.45) is 2.08. The number of rotatable bonds is 5. The predicted molar refractivity (Wildman–Crippen MR) is 98.8 cm³/mol. The molecule has 2 atom stereocenters. The Morgan fingerprint density at radius 3 is 3.00 bits per heavy atom. The molecule has 2 aliphatic heterocycles. The number of benzene rings is 1. The van der Waals surface area contributed by atoms with Crippen LogP contribution in [0.15, 0.2) is 29.1 Å². The van der Waals surface area contributed by atoms with E-state index in [0.29, 0.717) is 24.5 Å². The van der Waals surface area contributed by atoms with Gasteiger partial charge in [0.15, 0.2) is 11.5 Å². The van der Waals surface area contributed by atoms with Crippen molar-refractivity contribution in [2.75, 3.05) is 26.4 Å². The number of aryl methyl sites for hydroxylation is 1. The normalized spacial score (nSPS) is 20.5. The third kappa shape index (κ3) is 3.75. The zero-order chi connectivity index (χ0) is 18.1. The summed E-state index contributed by atoms with van der Waals surface area (Å²) in [5.74, 6) is 3.29. The second kappa shape index (κ2) is 7.11. The van der Waals surface area contributed by atoms with Gasteiger partial charge < -0.3 is 19.4 Å². The Bertz CT molecular complexity index is 848. The molecule has 0 saturated carbocycles. The van der Waals surface area contributed by atoms with Crippen LogP contribution in [0, 0.1) is 12.8 Å². The van der Waals surface area contributed by atoms with Crippen molar-refractivity contribution in [3.8, 4) is 11.5 Å². The molecule has 138 valence electrons. The van der Waals surface area contributed by atoms with E-state index in [4.69, 9.17) is 9.47 Å². The number of ether oxygens (including phenoxy) is 2. The third-order valence-corrected chi connectivity index (χ3v) is 5.16. The fourth-order valence-electron chi connectivity index (χ4n) is 4.03. The molecule has 0 unspecified atom stereocenters. The highest BCUT2D eigenvalue weighted by Crippen LogP contribution is 2.33. The Morgan fingerprint density at radius 2 is 2.15 bits per heavy atom. The van der Waals surface area contributed by atoms with Gasteiger partial charge in [0, 0.05) is 25.1 Å². The van der Waals surface area contributed by atoms with E-state index in [-0.39, 0.29) is 5.56 Å². The lowest BCUT2D eigenvalue weighted by Crippen LogP contribution is -2.27. The molecule has 0 spiro atoms. The smallest absolute Gasteiger partial charge is 0.251 e. The highest BCUT2D eigenvalue weighted by atomic mass is 16.7. The molecule has 4 rings (SSSR count). The molecule has 0 radical (unpaired) electrons. The van der Waals surface area contributed by atoms with Crippen molar-refractivity contribution < 1.29 is 9.47 Å². The molecule has 3 heterocycles. The third-order valence-electron chi connectivity index (χ3n) is 5.16. The molecular formula is C20H25N3O3. The van der Waals surface area contributed by atoms with Crippen LogP contribution >= 0.6 is 0 Å². The van der Waals surface area contributed by atoms with Crippen LogP contribution in [0.1, 0.15) is 36.3 Å². The zero-order valence-corrected chi connectivity index (χ0v) is 15.3. The van der Waals surface area contributed by atoms with Gasteiger partial charge >= 0.3 is 0 Å². The molecule has 26 heavy (non-hydrogen) atoms. The Labute approximate surface area is 153 Å². The summed E-state index contributed by atoms with van der Waals surface area (Å²) in [5.41, 5.74) is 2.16. The van der Waals surface area contributed by atoms with E-state index < -0.39 is 0 Å². The van der Waals surface area contributed by atoms with Gasteiger partial charge in [0.05, 0.1) is 5.69 Å². The van der Waals surface area contributed by atoms with Gasteiger partial charge in [-0.3, -0.25) is 4.79 Å². The van der Waals surface area contributed by atoms with E-state index in [1.54, 1.807) is 6.07 Å². The quantitative estimate of drug-likeness (QED) is 0.892. The summed E-state index contributed by atoms with van der Waals surface area (Å²) in [7, 11) is 0. The Morgan fingerprint density at radius 1 is 1.31 bits per heavy atom. The van der Waals surface area contributed by atoms with Gasteiger partial charge in [0.1, 0.15) is 5.82 Å². The van der Waals surface area contributed by atoms with Gasteiger partial charge in [-0.2, -0.15) is 0 Å². The maximum atomic E-state index is 11.7. The second-order valence-corrected chi connectivity index (χ2v) is 7.50. The minimum Gasteiger partial charge on any atom is -0.454 e. The first-order valence-corrected chi connectivity index (χ1v) is 9.25. The fourth-order valence-corrected chi connectivity index (χ4v) is 4.03. The first kappa shape index (κ1) is 17.1. The van der Waals surface area contributed by atoms with E-state index in [1.807, 2.05) is 13.0 Å². The van der Waals surface area contributed by atoms with Crippen LogP contribution in [0.5, 0.6) is 11.5 Å². The molecule has 1 aromatic heterocycles. The highest BCUT2D eigenvalue weighted by Gasteiger charge is 2.26. The van der Waals surface area contributed by atoms with Crippen LogP contribution in [0.4, 0.5) is 0 Å². The number of hydrogen-bond donors (Lipinski definition) is 1. The van der Waals surface area contributed by atoms with Crippen molar-refractivity contribution in [2.24, 2.45) is 5.92 Å². The largest absolute Gasteiger partial charge is 0.454 e. The molecular weight excluding hydrogens is 330 g/mol. The van der Waals surface area contributed by atoms with Crippen molar-refractivity contribution >= 4 is 0 Å². The molecule has 6 heteroatoms. The van der Waals surface area contributed by atoms with Crippen molar-refractivity contribution in [1.29, 1.82) is 0 Å². The van der Waals surface area contributed by atoms with Crippen molar-refractivity contribution in [2.45, 2.75) is 32.6 Å². The average Bonchev–Trinajstić information content (AvgIpc) is 3.22. The van der Waals surface area contributed by atoms with E-state index in [2.05, 4.69) is 33.9 Å². The van der Waals surface area contributed by atoms with Crippen molar-refractivity contribution in [3.63, 3.8) is 0 Å². The van der Waals surface area contributed by atoms with E-state index in [1.165, 1.54) is 5.56 Å². The molecule has 0 bridgehead atoms. The van der Waals surface area contributed by atoms with Crippen LogP contribution in [-0.2, 0) is 6.42 Å². The van der Waals surface area contributed by atoms with Crippen molar-refractivity contribution in [1.82, 2.24) is 14.9 Å². The van der Waals surface area contributed by atoms with E-state index in [0.717, 1.165) is 49.7 Å². The molecule has 1 N–H and O–H groups in total. The lowest BCUT2D eigenvalue weighted by molar-refractivity contribution is 0.174. The zero-order valence-electron chi connectivity index (χ0n) is 15.3. The second-order valence-electron chi connectivity index (χ2n) is 7.50. The van der Waals surface area contributed by atoms with E-state index >= 15 is 0 Å². The Kier molecular flexibility index (Phi) is 4.68. The number of H-pyrrole nitrogens is 1. The minimum absolute atomic E-state index is 0.0536. The maximum absolute atomic E-state index is 11.7. The Hall–Kier alpha value is -2.34. The lowest BCUT2D eigenvalue weighted by atomic mass is 10.00. The molecule has 1 saturated heterocycles. The van der Waals surface area contributed by atoms with Gasteiger partial charge in [-0.25, -0.2) is 4.98 Å². The van der Waals surface area contributed by atoms with Crippen LogP contribution in [0.2, 0.25) is 0 Å². The van der Waals surface area contributed by atoms with Crippen LogP contribution in [0.3, 0.4) is 0 Å². The molecule has 6 nitrogen and oxygen atoms in total. The number of likely N-dealkylation sites (tertiary alicyclic amines) is 1. The number of fused-ring (bicyclic) bond motifs is 1. The molecule has 0 amide bonds. The molecule has 2 aliphatic rings. The molecule has 2 aromatic rings. The summed E-state index contributed by atoms with van der Waals surface area (Å²) in [4.78, 5) is 21.4. The van der Waals surface area contributed by atoms with Gasteiger partial charge in [0.2, 0.25) is 6.79 Å². The SMILES string of the molecule is Cc1nc([C@H]2CCN(C[C@@H](C)Cc3ccc4c(c3)OCO4)C2)cc(=O)[nH]1. The highest BCUT2D eigenvalue weighted by molar-refractivity contribution is 5.44. The van der Waals surface area contributed by atoms with Gasteiger partial charge in [-0.15, -0.1) is 0 Å². The molecule has 1 fully saturated rings. The lowest BCUT2D eigenvalue weighted by Gasteiger charge is -2.21. The number of nitrogens with one attached hydrogen (secondary N) is 1. The molecule has 1 aromatic carbocycles. The minimum atomic E-state index is -0.0536. The number of aromatic amines is 1. The predicted octanol–water partition coefficient (Wildman–Crippen LogP) is 2.48. The number of aromatic nitrogens is 2. The van der Waals surface area contributed by atoms with Gasteiger partial charge in [-0.05, 0) is 49.9 Å². The number of nitrogens with zero attached hydrogens (tertiary/aromatic N) is 2. The Balaban J connectivity index is 1.34. The summed E-state index contributed by atoms with van der Waals surface area (Å²) >= 11 is 0. The standard InChI is InChI=1S/C20H25N3O3/c1-13(7-15-3-4-18-19(8-15)26-12-25-18)10-23-6-5-16(11-23)17-9-20(24)22-14(2)21-17/h3-4,8-9,13,16H,5-7,10-12H2,1-2H3,(H,21,22,24)/t13-,16-/m0/s1. The monoisotopic (exact) mass is 355 g/mol. The van der Waals surface area contributed by atoms with E-state index in [9.17, 15) is 4.79 Å².